The number of ether oxygens (including phenoxy) is 3. The van der Waals surface area contributed by atoms with Crippen LogP contribution in [0.3, 0.4) is 0 Å². The number of nitrogens with zero attached hydrogens (tertiary/aromatic N) is 2. The summed E-state index contributed by atoms with van der Waals surface area (Å²) >= 11 is 0. The van der Waals surface area contributed by atoms with E-state index in [-0.39, 0.29) is 0 Å². The number of methoxy groups -OCH3 is 1. The van der Waals surface area contributed by atoms with E-state index < -0.39 is 0 Å². The first-order valence-electron chi connectivity index (χ1n) is 7.02. The van der Waals surface area contributed by atoms with Crippen molar-refractivity contribution in [1.29, 1.82) is 0 Å². The van der Waals surface area contributed by atoms with E-state index in [9.17, 15) is 0 Å². The zero-order chi connectivity index (χ0) is 14.9. The SMILES string of the molecule is COc1cccc2ncc(Nc3ccc4c(c3)OCCO4)n12. The topological polar surface area (TPSA) is 57.0 Å². The molecule has 0 amide bonds. The highest BCUT2D eigenvalue weighted by molar-refractivity contribution is 5.64. The maximum absolute atomic E-state index is 5.60. The minimum atomic E-state index is 0.569. The number of aromatic nitrogens is 2. The van der Waals surface area contributed by atoms with Crippen LogP contribution in [0.5, 0.6) is 17.4 Å². The third-order valence-electron chi connectivity index (χ3n) is 3.52. The van der Waals surface area contributed by atoms with Gasteiger partial charge in [-0.25, -0.2) is 9.38 Å². The summed E-state index contributed by atoms with van der Waals surface area (Å²) in [4.78, 5) is 4.38. The fourth-order valence-electron chi connectivity index (χ4n) is 2.52. The number of anilines is 2. The maximum Gasteiger partial charge on any atom is 0.200 e. The van der Waals surface area contributed by atoms with E-state index in [0.717, 1.165) is 34.5 Å². The predicted octanol–water partition coefficient (Wildman–Crippen LogP) is 2.86. The second kappa shape index (κ2) is 5.14. The van der Waals surface area contributed by atoms with Crippen LogP contribution in [0.2, 0.25) is 0 Å². The summed E-state index contributed by atoms with van der Waals surface area (Å²) in [5, 5.41) is 3.34. The molecule has 0 atom stereocenters. The second-order valence-electron chi connectivity index (χ2n) is 4.89. The normalized spacial score (nSPS) is 13.1. The molecule has 22 heavy (non-hydrogen) atoms. The Bertz CT molecular complexity index is 829. The molecule has 2 aromatic heterocycles. The van der Waals surface area contributed by atoms with Crippen LogP contribution in [0.4, 0.5) is 11.5 Å². The van der Waals surface area contributed by atoms with Crippen LogP contribution < -0.4 is 19.5 Å². The smallest absolute Gasteiger partial charge is 0.200 e. The number of rotatable bonds is 3. The van der Waals surface area contributed by atoms with Crippen molar-refractivity contribution in [3.63, 3.8) is 0 Å². The number of benzene rings is 1. The van der Waals surface area contributed by atoms with E-state index in [1.54, 1.807) is 13.3 Å². The van der Waals surface area contributed by atoms with Gasteiger partial charge in [0.05, 0.1) is 13.3 Å². The Labute approximate surface area is 127 Å². The summed E-state index contributed by atoms with van der Waals surface area (Å²) in [6.45, 7) is 1.16. The molecule has 0 spiro atoms. The largest absolute Gasteiger partial charge is 0.486 e. The predicted molar refractivity (Wildman–Crippen MR) is 82.5 cm³/mol. The molecule has 0 bridgehead atoms. The van der Waals surface area contributed by atoms with Crippen LogP contribution >= 0.6 is 0 Å². The van der Waals surface area contributed by atoms with Crippen molar-refractivity contribution in [3.05, 3.63) is 42.6 Å². The molecule has 1 N–H and O–H groups in total. The molecule has 0 fully saturated rings. The van der Waals surface area contributed by atoms with Crippen LogP contribution in [0.1, 0.15) is 0 Å². The number of imidazole rings is 1. The maximum atomic E-state index is 5.60. The van der Waals surface area contributed by atoms with Gasteiger partial charge in [0, 0.05) is 11.8 Å². The molecule has 112 valence electrons. The fraction of sp³-hybridized carbons (Fsp3) is 0.188. The summed E-state index contributed by atoms with van der Waals surface area (Å²) in [6.07, 6.45) is 1.77. The fourth-order valence-corrected chi connectivity index (χ4v) is 2.52. The highest BCUT2D eigenvalue weighted by Crippen LogP contribution is 2.34. The minimum Gasteiger partial charge on any atom is -0.486 e. The molecule has 0 unspecified atom stereocenters. The Morgan fingerprint density at radius 1 is 1.14 bits per heavy atom. The van der Waals surface area contributed by atoms with Gasteiger partial charge in [0.2, 0.25) is 5.88 Å². The lowest BCUT2D eigenvalue weighted by atomic mass is 10.2. The molecule has 0 aliphatic carbocycles. The van der Waals surface area contributed by atoms with Crippen LogP contribution in [0, 0.1) is 0 Å². The van der Waals surface area contributed by atoms with Crippen LogP contribution in [0.25, 0.3) is 5.65 Å². The molecule has 1 aliphatic heterocycles. The third kappa shape index (κ3) is 2.09. The number of hydrogen-bond donors (Lipinski definition) is 1. The molecule has 3 heterocycles. The molecule has 4 rings (SSSR count). The monoisotopic (exact) mass is 297 g/mol. The molecule has 0 radical (unpaired) electrons. The molecule has 6 nitrogen and oxygen atoms in total. The van der Waals surface area contributed by atoms with E-state index in [0.29, 0.717) is 13.2 Å². The highest BCUT2D eigenvalue weighted by Gasteiger charge is 2.13. The van der Waals surface area contributed by atoms with Gasteiger partial charge in [-0.1, -0.05) is 6.07 Å². The van der Waals surface area contributed by atoms with Crippen LogP contribution in [-0.4, -0.2) is 29.7 Å². The second-order valence-corrected chi connectivity index (χ2v) is 4.89. The summed E-state index contributed by atoms with van der Waals surface area (Å²) in [5.74, 6) is 3.06. The van der Waals surface area contributed by atoms with Crippen molar-refractivity contribution in [2.45, 2.75) is 0 Å². The zero-order valence-corrected chi connectivity index (χ0v) is 12.1. The van der Waals surface area contributed by atoms with E-state index >= 15 is 0 Å². The van der Waals surface area contributed by atoms with Gasteiger partial charge >= 0.3 is 0 Å². The molecule has 3 aromatic rings. The van der Waals surface area contributed by atoms with E-state index in [1.807, 2.05) is 40.8 Å². The van der Waals surface area contributed by atoms with Crippen LogP contribution in [-0.2, 0) is 0 Å². The molecule has 0 saturated carbocycles. The van der Waals surface area contributed by atoms with E-state index in [1.165, 1.54) is 0 Å². The van der Waals surface area contributed by atoms with Gasteiger partial charge in [0.25, 0.3) is 0 Å². The molecular weight excluding hydrogens is 282 g/mol. The summed E-state index contributed by atoms with van der Waals surface area (Å²) in [6, 6.07) is 11.5. The average Bonchev–Trinajstić information content (AvgIpc) is 2.98. The van der Waals surface area contributed by atoms with Gasteiger partial charge in [0.1, 0.15) is 24.7 Å². The summed E-state index contributed by atoms with van der Waals surface area (Å²) in [7, 11) is 1.64. The Hall–Kier alpha value is -2.89. The number of pyridine rings is 1. The molecule has 0 saturated heterocycles. The van der Waals surface area contributed by atoms with Crippen molar-refractivity contribution in [3.8, 4) is 17.4 Å². The van der Waals surface area contributed by atoms with Gasteiger partial charge in [-0.2, -0.15) is 0 Å². The lowest BCUT2D eigenvalue weighted by Crippen LogP contribution is -2.15. The van der Waals surface area contributed by atoms with E-state index in [4.69, 9.17) is 14.2 Å². The van der Waals surface area contributed by atoms with Crippen molar-refractivity contribution < 1.29 is 14.2 Å². The van der Waals surface area contributed by atoms with Crippen molar-refractivity contribution in [1.82, 2.24) is 9.38 Å². The van der Waals surface area contributed by atoms with Gasteiger partial charge in [-0.05, 0) is 24.3 Å². The lowest BCUT2D eigenvalue weighted by molar-refractivity contribution is 0.171. The Morgan fingerprint density at radius 3 is 2.86 bits per heavy atom. The summed E-state index contributed by atoms with van der Waals surface area (Å²) in [5.41, 5.74) is 1.72. The standard InChI is InChI=1S/C16H15N3O3/c1-20-16-4-2-3-14-17-10-15(19(14)16)18-11-5-6-12-13(9-11)22-8-7-21-12/h2-6,9-10,18H,7-8H2,1H3. The van der Waals surface area contributed by atoms with Gasteiger partial charge in [0.15, 0.2) is 11.5 Å². The first-order valence-corrected chi connectivity index (χ1v) is 7.02. The Balaban J connectivity index is 1.72. The van der Waals surface area contributed by atoms with Crippen molar-refractivity contribution in [2.24, 2.45) is 0 Å². The first-order chi connectivity index (χ1) is 10.8. The number of nitrogens with one attached hydrogen (secondary N) is 1. The molecule has 1 aromatic carbocycles. The lowest BCUT2D eigenvalue weighted by Gasteiger charge is -2.19. The van der Waals surface area contributed by atoms with Gasteiger partial charge < -0.3 is 19.5 Å². The zero-order valence-electron chi connectivity index (χ0n) is 12.1. The quantitative estimate of drug-likeness (QED) is 0.805. The van der Waals surface area contributed by atoms with E-state index in [2.05, 4.69) is 10.3 Å². The Morgan fingerprint density at radius 2 is 2.00 bits per heavy atom. The van der Waals surface area contributed by atoms with Crippen molar-refractivity contribution in [2.75, 3.05) is 25.6 Å². The molecule has 6 heteroatoms. The van der Waals surface area contributed by atoms with Gasteiger partial charge in [-0.15, -0.1) is 0 Å². The summed E-state index contributed by atoms with van der Waals surface area (Å²) < 4.78 is 18.4. The first kappa shape index (κ1) is 12.8. The van der Waals surface area contributed by atoms with Crippen LogP contribution in [0.15, 0.2) is 42.6 Å². The molecule has 1 aliphatic rings. The third-order valence-corrected chi connectivity index (χ3v) is 3.52. The molecular formula is C16H15N3O3. The number of fused-ring (bicyclic) bond motifs is 2. The highest BCUT2D eigenvalue weighted by atomic mass is 16.6. The Kier molecular flexibility index (Phi) is 3.00. The van der Waals surface area contributed by atoms with Gasteiger partial charge in [-0.3, -0.25) is 0 Å². The van der Waals surface area contributed by atoms with Crippen molar-refractivity contribution >= 4 is 17.2 Å². The average molecular weight is 297 g/mol. The number of hydrogen-bond acceptors (Lipinski definition) is 5. The minimum absolute atomic E-state index is 0.569.